The maximum absolute atomic E-state index is 5.76. The van der Waals surface area contributed by atoms with Crippen molar-refractivity contribution in [1.29, 1.82) is 0 Å². The summed E-state index contributed by atoms with van der Waals surface area (Å²) in [4.78, 5) is 11.0. The molecular weight excluding hydrogens is 262 g/mol. The van der Waals surface area contributed by atoms with Crippen LogP contribution in [0.25, 0.3) is 0 Å². The van der Waals surface area contributed by atoms with E-state index in [1.54, 1.807) is 12.4 Å². The summed E-state index contributed by atoms with van der Waals surface area (Å²) in [7, 11) is 0. The topological polar surface area (TPSA) is 38.2 Å². The first kappa shape index (κ1) is 14.2. The highest BCUT2D eigenvalue weighted by Gasteiger charge is 2.19. The van der Waals surface area contributed by atoms with Gasteiger partial charge in [0.05, 0.1) is 18.9 Å². The Balaban J connectivity index is 1.61. The van der Waals surface area contributed by atoms with E-state index in [0.717, 1.165) is 45.0 Å². The van der Waals surface area contributed by atoms with Crippen LogP contribution in [0.5, 0.6) is 0 Å². The Kier molecular flexibility index (Phi) is 4.92. The summed E-state index contributed by atoms with van der Waals surface area (Å²) < 4.78 is 5.76. The fourth-order valence-electron chi connectivity index (χ4n) is 2.79. The first-order chi connectivity index (χ1) is 10.4. The minimum Gasteiger partial charge on any atom is -0.380 e. The Hall–Kier alpha value is -1.78. The first-order valence-corrected chi connectivity index (χ1v) is 7.49. The monoisotopic (exact) mass is 283 g/mol. The summed E-state index contributed by atoms with van der Waals surface area (Å²) >= 11 is 0. The molecule has 0 saturated carbocycles. The normalized spacial score (nSPS) is 20.1. The first-order valence-electron chi connectivity index (χ1n) is 7.49. The van der Waals surface area contributed by atoms with Gasteiger partial charge in [-0.3, -0.25) is 14.9 Å². The summed E-state index contributed by atoms with van der Waals surface area (Å²) in [5.41, 5.74) is 2.41. The molecule has 1 aliphatic heterocycles. The van der Waals surface area contributed by atoms with Gasteiger partial charge in [0.15, 0.2) is 0 Å². The smallest absolute Gasteiger partial charge is 0.0593 e. The molecule has 1 aromatic carbocycles. The number of nitrogens with zero attached hydrogens (tertiary/aromatic N) is 3. The van der Waals surface area contributed by atoms with Gasteiger partial charge in [-0.2, -0.15) is 0 Å². The molecule has 21 heavy (non-hydrogen) atoms. The zero-order chi connectivity index (χ0) is 14.3. The molecule has 0 unspecified atom stereocenters. The van der Waals surface area contributed by atoms with Gasteiger partial charge in [-0.05, 0) is 12.0 Å². The summed E-state index contributed by atoms with van der Waals surface area (Å²) in [6.07, 6.45) is 6.26. The highest BCUT2D eigenvalue weighted by Crippen LogP contribution is 2.14. The lowest BCUT2D eigenvalue weighted by molar-refractivity contribution is 0.121. The number of rotatable bonds is 4. The van der Waals surface area contributed by atoms with Crippen LogP contribution < -0.4 is 0 Å². The van der Waals surface area contributed by atoms with E-state index >= 15 is 0 Å². The molecule has 2 heterocycles. The number of hydrogen-bond acceptors (Lipinski definition) is 4. The number of benzene rings is 1. The van der Waals surface area contributed by atoms with E-state index in [1.165, 1.54) is 5.56 Å². The Morgan fingerprint density at radius 2 is 2.10 bits per heavy atom. The van der Waals surface area contributed by atoms with Gasteiger partial charge in [-0.15, -0.1) is 0 Å². The molecule has 1 fully saturated rings. The van der Waals surface area contributed by atoms with Gasteiger partial charge < -0.3 is 4.74 Å². The zero-order valence-corrected chi connectivity index (χ0v) is 12.2. The molecule has 3 rings (SSSR count). The lowest BCUT2D eigenvalue weighted by atomic mass is 10.0. The molecule has 0 bridgehead atoms. The van der Waals surface area contributed by atoms with Crippen molar-refractivity contribution in [2.45, 2.75) is 13.0 Å². The summed E-state index contributed by atoms with van der Waals surface area (Å²) in [6, 6.07) is 10.6. The van der Waals surface area contributed by atoms with Gasteiger partial charge >= 0.3 is 0 Å². The molecule has 0 aliphatic carbocycles. The van der Waals surface area contributed by atoms with Crippen molar-refractivity contribution in [3.8, 4) is 0 Å². The van der Waals surface area contributed by atoms with Crippen LogP contribution in [0.3, 0.4) is 0 Å². The molecule has 2 aromatic rings. The largest absolute Gasteiger partial charge is 0.380 e. The van der Waals surface area contributed by atoms with E-state index in [-0.39, 0.29) is 0 Å². The van der Waals surface area contributed by atoms with E-state index < -0.39 is 0 Å². The van der Waals surface area contributed by atoms with Gasteiger partial charge in [-0.1, -0.05) is 30.3 Å². The van der Waals surface area contributed by atoms with Gasteiger partial charge in [0.1, 0.15) is 0 Å². The molecule has 1 atom stereocenters. The van der Waals surface area contributed by atoms with Crippen LogP contribution >= 0.6 is 0 Å². The third-order valence-corrected chi connectivity index (χ3v) is 3.79. The predicted octanol–water partition coefficient (Wildman–Crippen LogP) is 2.17. The maximum Gasteiger partial charge on any atom is 0.0593 e. The fraction of sp³-hybridized carbons (Fsp3) is 0.412. The van der Waals surface area contributed by atoms with E-state index in [0.29, 0.717) is 5.92 Å². The summed E-state index contributed by atoms with van der Waals surface area (Å²) in [5, 5.41) is 0. The van der Waals surface area contributed by atoms with Crippen LogP contribution in [-0.4, -0.2) is 41.2 Å². The Labute approximate surface area is 125 Å². The van der Waals surface area contributed by atoms with Gasteiger partial charge in [0.25, 0.3) is 0 Å². The molecule has 4 nitrogen and oxygen atoms in total. The molecular formula is C17H21N3O. The Morgan fingerprint density at radius 3 is 2.90 bits per heavy atom. The predicted molar refractivity (Wildman–Crippen MR) is 81.8 cm³/mol. The average Bonchev–Trinajstić information content (AvgIpc) is 2.74. The third kappa shape index (κ3) is 4.34. The lowest BCUT2D eigenvalue weighted by Gasteiger charge is -2.23. The van der Waals surface area contributed by atoms with Crippen molar-refractivity contribution in [3.05, 3.63) is 60.2 Å². The second-order valence-corrected chi connectivity index (χ2v) is 5.56. The molecule has 0 N–H and O–H groups in total. The second kappa shape index (κ2) is 7.29. The summed E-state index contributed by atoms with van der Waals surface area (Å²) in [5.74, 6) is 0.480. The number of ether oxygens (including phenoxy) is 1. The lowest BCUT2D eigenvalue weighted by Crippen LogP contribution is -2.30. The van der Waals surface area contributed by atoms with Crippen LogP contribution in [0.1, 0.15) is 11.3 Å². The van der Waals surface area contributed by atoms with E-state index in [4.69, 9.17) is 4.74 Å². The van der Waals surface area contributed by atoms with Crippen molar-refractivity contribution in [2.75, 3.05) is 26.3 Å². The van der Waals surface area contributed by atoms with Crippen molar-refractivity contribution < 1.29 is 4.74 Å². The SMILES string of the molecule is c1ccc(CN2CCOC[C@@H](Cc3cnccn3)C2)cc1. The van der Waals surface area contributed by atoms with E-state index in [2.05, 4.69) is 45.2 Å². The van der Waals surface area contributed by atoms with Crippen molar-refractivity contribution in [3.63, 3.8) is 0 Å². The highest BCUT2D eigenvalue weighted by atomic mass is 16.5. The summed E-state index contributed by atoms with van der Waals surface area (Å²) in [6.45, 7) is 4.64. The Morgan fingerprint density at radius 1 is 1.19 bits per heavy atom. The second-order valence-electron chi connectivity index (χ2n) is 5.56. The van der Waals surface area contributed by atoms with Gasteiger partial charge in [0, 0.05) is 44.1 Å². The molecule has 110 valence electrons. The van der Waals surface area contributed by atoms with Crippen molar-refractivity contribution >= 4 is 0 Å². The average molecular weight is 283 g/mol. The molecule has 1 aliphatic rings. The van der Waals surface area contributed by atoms with E-state index in [9.17, 15) is 0 Å². The third-order valence-electron chi connectivity index (χ3n) is 3.79. The minimum absolute atomic E-state index is 0.480. The number of aromatic nitrogens is 2. The number of hydrogen-bond donors (Lipinski definition) is 0. The van der Waals surface area contributed by atoms with Crippen LogP contribution in [-0.2, 0) is 17.7 Å². The van der Waals surface area contributed by atoms with Crippen molar-refractivity contribution in [1.82, 2.24) is 14.9 Å². The maximum atomic E-state index is 5.76. The van der Waals surface area contributed by atoms with Crippen LogP contribution in [0.4, 0.5) is 0 Å². The minimum atomic E-state index is 0.480. The van der Waals surface area contributed by atoms with Crippen LogP contribution in [0.2, 0.25) is 0 Å². The quantitative estimate of drug-likeness (QED) is 0.862. The van der Waals surface area contributed by atoms with Crippen molar-refractivity contribution in [2.24, 2.45) is 5.92 Å². The molecule has 0 spiro atoms. The highest BCUT2D eigenvalue weighted by molar-refractivity contribution is 5.14. The molecule has 1 saturated heterocycles. The zero-order valence-electron chi connectivity index (χ0n) is 12.2. The molecule has 1 aromatic heterocycles. The van der Waals surface area contributed by atoms with Crippen LogP contribution in [0.15, 0.2) is 48.9 Å². The Bertz CT molecular complexity index is 483. The fourth-order valence-corrected chi connectivity index (χ4v) is 2.79. The molecule has 4 heteroatoms. The van der Waals surface area contributed by atoms with E-state index in [1.807, 2.05) is 6.20 Å². The van der Waals surface area contributed by atoms with Gasteiger partial charge in [-0.25, -0.2) is 0 Å². The molecule has 0 amide bonds. The standard InChI is InChI=1S/C17H21N3O/c1-2-4-15(5-3-1)12-20-8-9-21-14-16(13-20)10-17-11-18-6-7-19-17/h1-7,11,16H,8-10,12-14H2/t16-/m0/s1. The van der Waals surface area contributed by atoms with Crippen LogP contribution in [0, 0.1) is 5.92 Å². The molecule has 0 radical (unpaired) electrons. The van der Waals surface area contributed by atoms with Gasteiger partial charge in [0.2, 0.25) is 0 Å².